The van der Waals surface area contributed by atoms with Gasteiger partial charge in [-0.3, -0.25) is 19.3 Å². The summed E-state index contributed by atoms with van der Waals surface area (Å²) in [7, 11) is 1.55. The van der Waals surface area contributed by atoms with Crippen molar-refractivity contribution in [2.45, 2.75) is 18.9 Å². The Morgan fingerprint density at radius 2 is 1.58 bits per heavy atom. The fraction of sp³-hybridized carbons (Fsp3) is 0.304. The second-order valence-corrected chi connectivity index (χ2v) is 7.27. The van der Waals surface area contributed by atoms with E-state index >= 15 is 0 Å². The SMILES string of the molecule is CN1CC(=O)N(CCCC(=O)OCC(=O)NC(c2ccccc2)c2ccccc2)C1=O. The van der Waals surface area contributed by atoms with Crippen LogP contribution < -0.4 is 5.32 Å². The normalized spacial score (nSPS) is 13.6. The van der Waals surface area contributed by atoms with Crippen LogP contribution in [-0.2, 0) is 19.1 Å². The van der Waals surface area contributed by atoms with E-state index in [1.54, 1.807) is 7.05 Å². The topological polar surface area (TPSA) is 96.0 Å². The Balaban J connectivity index is 1.47. The second kappa shape index (κ2) is 10.4. The van der Waals surface area contributed by atoms with E-state index in [4.69, 9.17) is 4.74 Å². The Morgan fingerprint density at radius 3 is 2.10 bits per heavy atom. The first-order valence-electron chi connectivity index (χ1n) is 10.1. The summed E-state index contributed by atoms with van der Waals surface area (Å²) in [5.74, 6) is -1.26. The summed E-state index contributed by atoms with van der Waals surface area (Å²) in [6.45, 7) is -0.208. The Bertz CT molecular complexity index is 893. The maximum Gasteiger partial charge on any atom is 0.326 e. The van der Waals surface area contributed by atoms with E-state index in [9.17, 15) is 19.2 Å². The van der Waals surface area contributed by atoms with Crippen molar-refractivity contribution in [1.29, 1.82) is 0 Å². The fourth-order valence-corrected chi connectivity index (χ4v) is 3.34. The number of amides is 4. The summed E-state index contributed by atoms with van der Waals surface area (Å²) in [6.07, 6.45) is 0.289. The molecule has 0 unspecified atom stereocenters. The third kappa shape index (κ3) is 5.91. The molecule has 2 aromatic carbocycles. The first-order valence-corrected chi connectivity index (χ1v) is 10.1. The smallest absolute Gasteiger partial charge is 0.326 e. The molecule has 1 aliphatic heterocycles. The number of hydrogen-bond acceptors (Lipinski definition) is 5. The van der Waals surface area contributed by atoms with Crippen LogP contribution in [0, 0.1) is 0 Å². The molecular formula is C23H25N3O5. The molecule has 3 rings (SSSR count). The summed E-state index contributed by atoms with van der Waals surface area (Å²) in [5, 5.41) is 2.90. The Morgan fingerprint density at radius 1 is 1.00 bits per heavy atom. The number of ether oxygens (including phenoxy) is 1. The van der Waals surface area contributed by atoms with E-state index in [-0.39, 0.29) is 43.9 Å². The maximum atomic E-state index is 12.4. The van der Waals surface area contributed by atoms with Gasteiger partial charge >= 0.3 is 12.0 Å². The van der Waals surface area contributed by atoms with Gasteiger partial charge in [0.1, 0.15) is 6.54 Å². The van der Waals surface area contributed by atoms with Gasteiger partial charge in [0.25, 0.3) is 5.91 Å². The van der Waals surface area contributed by atoms with Crippen LogP contribution in [0.1, 0.15) is 30.0 Å². The predicted molar refractivity (Wildman–Crippen MR) is 113 cm³/mol. The van der Waals surface area contributed by atoms with Crippen LogP contribution in [-0.4, -0.2) is 60.4 Å². The zero-order valence-electron chi connectivity index (χ0n) is 17.3. The van der Waals surface area contributed by atoms with Crippen molar-refractivity contribution in [3.05, 3.63) is 71.8 Å². The van der Waals surface area contributed by atoms with Gasteiger partial charge < -0.3 is 15.0 Å². The quantitative estimate of drug-likeness (QED) is 0.492. The summed E-state index contributed by atoms with van der Waals surface area (Å²) in [5.41, 5.74) is 1.83. The van der Waals surface area contributed by atoms with Gasteiger partial charge in [-0.2, -0.15) is 0 Å². The summed E-state index contributed by atoms with van der Waals surface area (Å²) in [6, 6.07) is 18.3. The molecule has 0 saturated carbocycles. The van der Waals surface area contributed by atoms with E-state index in [1.807, 2.05) is 60.7 Å². The molecule has 1 fully saturated rings. The number of hydrogen-bond donors (Lipinski definition) is 1. The van der Waals surface area contributed by atoms with Crippen LogP contribution in [0.4, 0.5) is 4.79 Å². The summed E-state index contributed by atoms with van der Waals surface area (Å²) >= 11 is 0. The third-order valence-corrected chi connectivity index (χ3v) is 4.93. The van der Waals surface area contributed by atoms with Crippen molar-refractivity contribution in [1.82, 2.24) is 15.1 Å². The number of urea groups is 1. The zero-order valence-corrected chi connectivity index (χ0v) is 17.3. The molecule has 1 aliphatic rings. The van der Waals surface area contributed by atoms with Crippen molar-refractivity contribution in [2.24, 2.45) is 0 Å². The van der Waals surface area contributed by atoms with Gasteiger partial charge in [0.15, 0.2) is 6.61 Å². The minimum atomic E-state index is -0.557. The zero-order chi connectivity index (χ0) is 22.2. The lowest BCUT2D eigenvalue weighted by Gasteiger charge is -2.20. The molecule has 4 amide bonds. The molecule has 1 N–H and O–H groups in total. The van der Waals surface area contributed by atoms with E-state index in [1.165, 1.54) is 4.90 Å². The molecule has 2 aromatic rings. The van der Waals surface area contributed by atoms with Crippen LogP contribution in [0.5, 0.6) is 0 Å². The highest BCUT2D eigenvalue weighted by atomic mass is 16.5. The molecule has 8 heteroatoms. The van der Waals surface area contributed by atoms with Gasteiger partial charge in [-0.15, -0.1) is 0 Å². The lowest BCUT2D eigenvalue weighted by atomic mass is 9.99. The minimum Gasteiger partial charge on any atom is -0.456 e. The number of carbonyl (C=O) groups excluding carboxylic acids is 4. The number of benzene rings is 2. The van der Waals surface area contributed by atoms with Crippen molar-refractivity contribution >= 4 is 23.8 Å². The highest BCUT2D eigenvalue weighted by Gasteiger charge is 2.32. The van der Waals surface area contributed by atoms with Gasteiger partial charge in [0, 0.05) is 20.0 Å². The standard InChI is InChI=1S/C23H25N3O5/c1-25-15-20(28)26(23(25)30)14-8-13-21(29)31-16-19(27)24-22(17-9-4-2-5-10-17)18-11-6-3-7-12-18/h2-7,9-12,22H,8,13-16H2,1H3,(H,24,27). The number of nitrogens with zero attached hydrogens (tertiary/aromatic N) is 2. The van der Waals surface area contributed by atoms with Crippen LogP contribution in [0.2, 0.25) is 0 Å². The van der Waals surface area contributed by atoms with Crippen molar-refractivity contribution in [2.75, 3.05) is 26.7 Å². The number of nitrogens with one attached hydrogen (secondary N) is 1. The Kier molecular flexibility index (Phi) is 7.37. The summed E-state index contributed by atoms with van der Waals surface area (Å²) in [4.78, 5) is 50.3. The number of likely N-dealkylation sites (N-methyl/N-ethyl adjacent to an activating group) is 1. The van der Waals surface area contributed by atoms with Crippen LogP contribution in [0.15, 0.2) is 60.7 Å². The monoisotopic (exact) mass is 423 g/mol. The average molecular weight is 423 g/mol. The lowest BCUT2D eigenvalue weighted by molar-refractivity contribution is -0.148. The van der Waals surface area contributed by atoms with Gasteiger partial charge in [-0.05, 0) is 17.5 Å². The van der Waals surface area contributed by atoms with Gasteiger partial charge in [0.2, 0.25) is 5.91 Å². The highest BCUT2D eigenvalue weighted by molar-refractivity contribution is 6.01. The molecule has 0 spiro atoms. The Hall–Kier alpha value is -3.68. The largest absolute Gasteiger partial charge is 0.456 e. The molecular weight excluding hydrogens is 398 g/mol. The van der Waals surface area contributed by atoms with Gasteiger partial charge in [-0.1, -0.05) is 60.7 Å². The lowest BCUT2D eigenvalue weighted by Crippen LogP contribution is -2.34. The molecule has 0 aromatic heterocycles. The van der Waals surface area contributed by atoms with Gasteiger partial charge in [0.05, 0.1) is 6.04 Å². The van der Waals surface area contributed by atoms with Crippen molar-refractivity contribution < 1.29 is 23.9 Å². The van der Waals surface area contributed by atoms with Crippen molar-refractivity contribution in [3.8, 4) is 0 Å². The first-order chi connectivity index (χ1) is 15.0. The van der Waals surface area contributed by atoms with Crippen LogP contribution >= 0.6 is 0 Å². The van der Waals surface area contributed by atoms with Crippen LogP contribution in [0.25, 0.3) is 0 Å². The number of rotatable bonds is 9. The summed E-state index contributed by atoms with van der Waals surface area (Å²) < 4.78 is 5.07. The number of esters is 1. The first kappa shape index (κ1) is 22.0. The highest BCUT2D eigenvalue weighted by Crippen LogP contribution is 2.21. The molecule has 0 atom stereocenters. The molecule has 0 bridgehead atoms. The van der Waals surface area contributed by atoms with E-state index in [0.29, 0.717) is 0 Å². The average Bonchev–Trinajstić information content (AvgIpc) is 3.03. The fourth-order valence-electron chi connectivity index (χ4n) is 3.34. The Labute approximate surface area is 180 Å². The molecule has 1 heterocycles. The van der Waals surface area contributed by atoms with Crippen molar-refractivity contribution in [3.63, 3.8) is 0 Å². The molecule has 1 saturated heterocycles. The molecule has 0 aliphatic carbocycles. The maximum absolute atomic E-state index is 12.4. The van der Waals surface area contributed by atoms with Crippen LogP contribution in [0.3, 0.4) is 0 Å². The van der Waals surface area contributed by atoms with E-state index < -0.39 is 18.5 Å². The van der Waals surface area contributed by atoms with Gasteiger partial charge in [-0.25, -0.2) is 4.79 Å². The molecule has 31 heavy (non-hydrogen) atoms. The predicted octanol–water partition coefficient (Wildman–Crippen LogP) is 2.11. The minimum absolute atomic E-state index is 0.00878. The van der Waals surface area contributed by atoms with E-state index in [0.717, 1.165) is 16.0 Å². The molecule has 162 valence electrons. The van der Waals surface area contributed by atoms with E-state index in [2.05, 4.69) is 5.32 Å². The number of carbonyl (C=O) groups is 4. The molecule has 0 radical (unpaired) electrons. The second-order valence-electron chi connectivity index (χ2n) is 7.27. The molecule has 8 nitrogen and oxygen atoms in total. The number of imide groups is 1. The third-order valence-electron chi connectivity index (χ3n) is 4.93.